The number of H-pyrrole nitrogens is 1. The SMILES string of the molecule is COc1ccc(CCN(Cc2cc3c(C)cc(C)cc3[nH]c2=O)Cc2nnnn2Cc2ccco2)cc1OC. The number of rotatable bonds is 11. The predicted octanol–water partition coefficient (Wildman–Crippen LogP) is 4.03. The number of aromatic amines is 1. The maximum atomic E-state index is 13.1. The summed E-state index contributed by atoms with van der Waals surface area (Å²) in [6, 6.07) is 15.8. The van der Waals surface area contributed by atoms with Gasteiger partial charge in [-0.15, -0.1) is 5.10 Å². The molecule has 0 unspecified atom stereocenters. The first kappa shape index (κ1) is 26.2. The Labute approximate surface area is 226 Å². The largest absolute Gasteiger partial charge is 0.493 e. The second-order valence-corrected chi connectivity index (χ2v) is 9.65. The Hall–Kier alpha value is -4.44. The fraction of sp³-hybridized carbons (Fsp3) is 0.310. The Bertz CT molecular complexity index is 1620. The fourth-order valence-electron chi connectivity index (χ4n) is 4.82. The molecule has 39 heavy (non-hydrogen) atoms. The Kier molecular flexibility index (Phi) is 7.74. The summed E-state index contributed by atoms with van der Waals surface area (Å²) in [5, 5.41) is 13.4. The number of aryl methyl sites for hydroxylation is 2. The topological polar surface area (TPSA) is 111 Å². The molecule has 3 aromatic heterocycles. The van der Waals surface area contributed by atoms with E-state index in [9.17, 15) is 4.79 Å². The van der Waals surface area contributed by atoms with Crippen molar-refractivity contribution in [1.82, 2.24) is 30.1 Å². The lowest BCUT2D eigenvalue weighted by Gasteiger charge is -2.22. The molecule has 10 heteroatoms. The molecule has 202 valence electrons. The van der Waals surface area contributed by atoms with Gasteiger partial charge in [0.25, 0.3) is 5.56 Å². The highest BCUT2D eigenvalue weighted by Crippen LogP contribution is 2.28. The molecule has 3 heterocycles. The van der Waals surface area contributed by atoms with Gasteiger partial charge < -0.3 is 18.9 Å². The van der Waals surface area contributed by atoms with E-state index in [1.165, 1.54) is 0 Å². The van der Waals surface area contributed by atoms with E-state index in [1.807, 2.05) is 49.4 Å². The summed E-state index contributed by atoms with van der Waals surface area (Å²) >= 11 is 0. The van der Waals surface area contributed by atoms with Gasteiger partial charge in [0.15, 0.2) is 17.3 Å². The van der Waals surface area contributed by atoms with Crippen LogP contribution in [0.2, 0.25) is 0 Å². The highest BCUT2D eigenvalue weighted by atomic mass is 16.5. The van der Waals surface area contributed by atoms with Crippen LogP contribution in [-0.4, -0.2) is 50.9 Å². The lowest BCUT2D eigenvalue weighted by Crippen LogP contribution is -2.30. The third-order valence-electron chi connectivity index (χ3n) is 6.81. The van der Waals surface area contributed by atoms with E-state index in [2.05, 4.69) is 38.4 Å². The maximum absolute atomic E-state index is 13.1. The number of ether oxygens (including phenoxy) is 2. The van der Waals surface area contributed by atoms with Gasteiger partial charge in [-0.05, 0) is 83.8 Å². The highest BCUT2D eigenvalue weighted by Gasteiger charge is 2.17. The van der Waals surface area contributed by atoms with Gasteiger partial charge in [0.2, 0.25) is 0 Å². The van der Waals surface area contributed by atoms with Crippen molar-refractivity contribution >= 4 is 10.9 Å². The first-order valence-corrected chi connectivity index (χ1v) is 12.8. The van der Waals surface area contributed by atoms with Crippen molar-refractivity contribution in [3.63, 3.8) is 0 Å². The first-order valence-electron chi connectivity index (χ1n) is 12.8. The zero-order valence-electron chi connectivity index (χ0n) is 22.6. The van der Waals surface area contributed by atoms with E-state index < -0.39 is 0 Å². The van der Waals surface area contributed by atoms with Gasteiger partial charge in [-0.25, -0.2) is 4.68 Å². The van der Waals surface area contributed by atoms with E-state index in [-0.39, 0.29) is 5.56 Å². The number of benzene rings is 2. The van der Waals surface area contributed by atoms with Crippen LogP contribution in [-0.2, 0) is 26.1 Å². The van der Waals surface area contributed by atoms with Crippen LogP contribution < -0.4 is 15.0 Å². The molecular formula is C29H32N6O4. The minimum atomic E-state index is -0.0983. The summed E-state index contributed by atoms with van der Waals surface area (Å²) in [7, 11) is 3.25. The van der Waals surface area contributed by atoms with Crippen LogP contribution in [0.1, 0.15) is 33.8 Å². The number of hydrogen-bond acceptors (Lipinski definition) is 8. The molecule has 5 rings (SSSR count). The van der Waals surface area contributed by atoms with Gasteiger partial charge >= 0.3 is 0 Å². The zero-order chi connectivity index (χ0) is 27.4. The monoisotopic (exact) mass is 528 g/mol. The molecule has 1 N–H and O–H groups in total. The maximum Gasteiger partial charge on any atom is 0.252 e. The lowest BCUT2D eigenvalue weighted by molar-refractivity contribution is 0.247. The average Bonchev–Trinajstić information content (AvgIpc) is 3.60. The summed E-state index contributed by atoms with van der Waals surface area (Å²) in [6.07, 6.45) is 2.36. The molecule has 10 nitrogen and oxygen atoms in total. The number of fused-ring (bicyclic) bond motifs is 1. The minimum absolute atomic E-state index is 0.0983. The second-order valence-electron chi connectivity index (χ2n) is 9.65. The van der Waals surface area contributed by atoms with Crippen molar-refractivity contribution in [2.75, 3.05) is 20.8 Å². The van der Waals surface area contributed by atoms with Gasteiger partial charge in [-0.2, -0.15) is 0 Å². The van der Waals surface area contributed by atoms with Crippen LogP contribution >= 0.6 is 0 Å². The van der Waals surface area contributed by atoms with Crippen LogP contribution in [0.25, 0.3) is 10.9 Å². The summed E-state index contributed by atoms with van der Waals surface area (Å²) in [5.74, 6) is 2.81. The molecule has 0 atom stereocenters. The van der Waals surface area contributed by atoms with Crippen molar-refractivity contribution in [3.05, 3.63) is 99.0 Å². The van der Waals surface area contributed by atoms with E-state index >= 15 is 0 Å². The van der Waals surface area contributed by atoms with Crippen molar-refractivity contribution in [3.8, 4) is 11.5 Å². The molecule has 0 aliphatic carbocycles. The molecule has 0 spiro atoms. The Morgan fingerprint density at radius 3 is 2.64 bits per heavy atom. The van der Waals surface area contributed by atoms with Crippen LogP contribution in [0.3, 0.4) is 0 Å². The van der Waals surface area contributed by atoms with Crippen LogP contribution in [0.15, 0.2) is 64.0 Å². The molecule has 0 aliphatic rings. The number of furan rings is 1. The van der Waals surface area contributed by atoms with Crippen molar-refractivity contribution in [1.29, 1.82) is 0 Å². The summed E-state index contributed by atoms with van der Waals surface area (Å²) in [5.41, 5.74) is 4.77. The van der Waals surface area contributed by atoms with Crippen molar-refractivity contribution in [2.24, 2.45) is 0 Å². The number of nitrogens with zero attached hydrogens (tertiary/aromatic N) is 5. The molecule has 5 aromatic rings. The molecule has 0 saturated carbocycles. The van der Waals surface area contributed by atoms with Gasteiger partial charge in [-0.3, -0.25) is 9.69 Å². The molecule has 0 radical (unpaired) electrons. The predicted molar refractivity (Wildman–Crippen MR) is 147 cm³/mol. The molecule has 0 bridgehead atoms. The number of pyridine rings is 1. The van der Waals surface area contributed by atoms with E-state index in [0.717, 1.165) is 39.8 Å². The molecule has 2 aromatic carbocycles. The molecule has 0 fully saturated rings. The van der Waals surface area contributed by atoms with Crippen molar-refractivity contribution < 1.29 is 13.9 Å². The first-order chi connectivity index (χ1) is 18.9. The third kappa shape index (κ3) is 6.01. The summed E-state index contributed by atoms with van der Waals surface area (Å²) < 4.78 is 18.1. The van der Waals surface area contributed by atoms with Gasteiger partial charge in [-0.1, -0.05) is 12.1 Å². The van der Waals surface area contributed by atoms with Crippen molar-refractivity contribution in [2.45, 2.75) is 39.9 Å². The van der Waals surface area contributed by atoms with Gasteiger partial charge in [0.05, 0.1) is 27.0 Å². The molecule has 0 amide bonds. The quantitative estimate of drug-likeness (QED) is 0.274. The van der Waals surface area contributed by atoms with E-state index in [4.69, 9.17) is 13.9 Å². The standard InChI is InChI=1S/C29H32N6O4/c1-19-12-20(2)24-15-22(29(36)30-25(24)13-19)16-34(10-9-21-7-8-26(37-3)27(14-21)38-4)18-28-31-32-33-35(28)17-23-6-5-11-39-23/h5-8,11-15H,9-10,16-18H2,1-4H3,(H,30,36). The smallest absolute Gasteiger partial charge is 0.252 e. The number of nitrogens with one attached hydrogen (secondary N) is 1. The fourth-order valence-corrected chi connectivity index (χ4v) is 4.82. The van der Waals surface area contributed by atoms with E-state index in [0.29, 0.717) is 49.1 Å². The average molecular weight is 529 g/mol. The number of hydrogen-bond donors (Lipinski definition) is 1. The van der Waals surface area contributed by atoms with E-state index in [1.54, 1.807) is 25.2 Å². The van der Waals surface area contributed by atoms with Crippen LogP contribution in [0.5, 0.6) is 11.5 Å². The number of aromatic nitrogens is 5. The normalized spacial score (nSPS) is 11.4. The lowest BCUT2D eigenvalue weighted by atomic mass is 10.0. The second kappa shape index (κ2) is 11.5. The molecule has 0 saturated heterocycles. The van der Waals surface area contributed by atoms with Gasteiger partial charge in [0, 0.05) is 29.6 Å². The summed E-state index contributed by atoms with van der Waals surface area (Å²) in [6.45, 7) is 6.06. The number of tetrazole rings is 1. The highest BCUT2D eigenvalue weighted by molar-refractivity contribution is 5.83. The third-order valence-corrected chi connectivity index (χ3v) is 6.81. The Morgan fingerprint density at radius 2 is 1.87 bits per heavy atom. The van der Waals surface area contributed by atoms with Crippen LogP contribution in [0, 0.1) is 13.8 Å². The Morgan fingerprint density at radius 1 is 1.03 bits per heavy atom. The molecule has 0 aliphatic heterocycles. The molecular weight excluding hydrogens is 496 g/mol. The number of methoxy groups -OCH3 is 2. The summed E-state index contributed by atoms with van der Waals surface area (Å²) in [4.78, 5) is 18.4. The van der Waals surface area contributed by atoms with Gasteiger partial charge in [0.1, 0.15) is 12.3 Å². The Balaban J connectivity index is 1.43. The minimum Gasteiger partial charge on any atom is -0.493 e. The zero-order valence-corrected chi connectivity index (χ0v) is 22.6. The van der Waals surface area contributed by atoms with Crippen LogP contribution in [0.4, 0.5) is 0 Å².